The summed E-state index contributed by atoms with van der Waals surface area (Å²) in [6, 6.07) is 12.1. The first-order chi connectivity index (χ1) is 8.65. The van der Waals surface area contributed by atoms with Gasteiger partial charge in [0.25, 0.3) is 0 Å². The van der Waals surface area contributed by atoms with Gasteiger partial charge in [0.05, 0.1) is 0 Å². The molecule has 2 N–H and O–H groups in total. The van der Waals surface area contributed by atoms with Crippen LogP contribution >= 0.6 is 15.9 Å². The summed E-state index contributed by atoms with van der Waals surface area (Å²) >= 11 is 3.44. The molecule has 3 aromatic rings. The summed E-state index contributed by atoms with van der Waals surface area (Å²) < 4.78 is 2.87. The molecule has 3 rings (SSSR count). The van der Waals surface area contributed by atoms with Crippen LogP contribution in [-0.4, -0.2) is 9.38 Å². The van der Waals surface area contributed by atoms with Gasteiger partial charge in [0.1, 0.15) is 17.2 Å². The predicted molar refractivity (Wildman–Crippen MR) is 77.5 cm³/mol. The molecule has 0 radical (unpaired) electrons. The van der Waals surface area contributed by atoms with Gasteiger partial charge >= 0.3 is 0 Å². The molecule has 0 aliphatic heterocycles. The van der Waals surface area contributed by atoms with Crippen molar-refractivity contribution >= 4 is 27.4 Å². The lowest BCUT2D eigenvalue weighted by Crippen LogP contribution is -1.94. The van der Waals surface area contributed by atoms with Gasteiger partial charge in [-0.2, -0.15) is 0 Å². The second kappa shape index (κ2) is 4.14. The van der Waals surface area contributed by atoms with Gasteiger partial charge in [-0.25, -0.2) is 4.98 Å². The molecule has 0 spiro atoms. The first-order valence-corrected chi connectivity index (χ1v) is 6.44. The van der Waals surface area contributed by atoms with Crippen LogP contribution in [0.5, 0.6) is 0 Å². The van der Waals surface area contributed by atoms with Crippen molar-refractivity contribution in [2.24, 2.45) is 0 Å². The highest BCUT2D eigenvalue weighted by atomic mass is 79.9. The van der Waals surface area contributed by atoms with Gasteiger partial charge in [-0.3, -0.25) is 4.40 Å². The molecule has 0 atom stereocenters. The number of anilines is 1. The Balaban J connectivity index is 2.27. The van der Waals surface area contributed by atoms with Crippen molar-refractivity contribution in [3.05, 3.63) is 52.6 Å². The number of halogens is 1. The lowest BCUT2D eigenvalue weighted by molar-refractivity contribution is 1.18. The summed E-state index contributed by atoms with van der Waals surface area (Å²) in [5, 5.41) is 0. The van der Waals surface area contributed by atoms with Crippen molar-refractivity contribution in [1.82, 2.24) is 9.38 Å². The number of imidazole rings is 1. The number of pyridine rings is 1. The van der Waals surface area contributed by atoms with E-state index in [0.717, 1.165) is 21.4 Å². The zero-order valence-corrected chi connectivity index (χ0v) is 11.5. The van der Waals surface area contributed by atoms with Crippen LogP contribution in [0.15, 0.2) is 47.1 Å². The van der Waals surface area contributed by atoms with E-state index >= 15 is 0 Å². The largest absolute Gasteiger partial charge is 0.383 e. The zero-order valence-electron chi connectivity index (χ0n) is 9.89. The van der Waals surface area contributed by atoms with E-state index in [0.29, 0.717) is 5.82 Å². The first kappa shape index (κ1) is 11.3. The molecule has 1 aromatic carbocycles. The third-order valence-electron chi connectivity index (χ3n) is 2.91. The third-order valence-corrected chi connectivity index (χ3v) is 3.38. The fourth-order valence-electron chi connectivity index (χ4n) is 2.04. The predicted octanol–water partition coefficient (Wildman–Crippen LogP) is 3.65. The number of fused-ring (bicyclic) bond motifs is 1. The molecule has 18 heavy (non-hydrogen) atoms. The number of aryl methyl sites for hydroxylation is 1. The molecule has 0 aliphatic rings. The maximum Gasteiger partial charge on any atom is 0.139 e. The van der Waals surface area contributed by atoms with E-state index < -0.39 is 0 Å². The van der Waals surface area contributed by atoms with Crippen LogP contribution in [0.1, 0.15) is 5.56 Å². The molecule has 0 bridgehead atoms. The fraction of sp³-hybridized carbons (Fsp3) is 0.0714. The Morgan fingerprint density at radius 2 is 2.06 bits per heavy atom. The molecule has 0 saturated heterocycles. The number of benzene rings is 1. The minimum absolute atomic E-state index is 0.664. The van der Waals surface area contributed by atoms with Crippen molar-refractivity contribution < 1.29 is 0 Å². The van der Waals surface area contributed by atoms with Gasteiger partial charge < -0.3 is 5.73 Å². The highest BCUT2D eigenvalue weighted by Crippen LogP contribution is 2.27. The number of hydrogen-bond donors (Lipinski definition) is 1. The summed E-state index contributed by atoms with van der Waals surface area (Å²) in [6.07, 6.45) is 1.93. The van der Waals surface area contributed by atoms with Crippen LogP contribution in [-0.2, 0) is 0 Å². The SMILES string of the molecule is Cc1cccc(-c2nc3ccc(Br)cn3c2N)c1. The van der Waals surface area contributed by atoms with Gasteiger partial charge in [-0.1, -0.05) is 23.8 Å². The number of hydrogen-bond acceptors (Lipinski definition) is 2. The summed E-state index contributed by atoms with van der Waals surface area (Å²) in [5.41, 5.74) is 10.1. The Bertz CT molecular complexity index is 731. The molecule has 0 fully saturated rings. The Kier molecular flexibility index (Phi) is 2.59. The standard InChI is InChI=1S/C14H12BrN3/c1-9-3-2-4-10(7-9)13-14(16)18-8-11(15)5-6-12(18)17-13/h2-8H,16H2,1H3. The Labute approximate surface area is 113 Å². The molecule has 2 aromatic heterocycles. The van der Waals surface area contributed by atoms with Crippen molar-refractivity contribution in [1.29, 1.82) is 0 Å². The van der Waals surface area contributed by atoms with Crippen LogP contribution in [0.3, 0.4) is 0 Å². The Hall–Kier alpha value is -1.81. The lowest BCUT2D eigenvalue weighted by atomic mass is 10.1. The van der Waals surface area contributed by atoms with E-state index in [2.05, 4.69) is 40.0 Å². The number of nitrogens with two attached hydrogens (primary N) is 1. The van der Waals surface area contributed by atoms with Crippen LogP contribution < -0.4 is 5.73 Å². The minimum atomic E-state index is 0.664. The molecule has 0 amide bonds. The zero-order chi connectivity index (χ0) is 12.7. The van der Waals surface area contributed by atoms with Crippen molar-refractivity contribution in [3.8, 4) is 11.3 Å². The number of rotatable bonds is 1. The van der Waals surface area contributed by atoms with Crippen molar-refractivity contribution in [3.63, 3.8) is 0 Å². The van der Waals surface area contributed by atoms with E-state index in [4.69, 9.17) is 5.73 Å². The van der Waals surface area contributed by atoms with E-state index in [1.807, 2.05) is 34.9 Å². The molecule has 90 valence electrons. The Morgan fingerprint density at radius 3 is 2.83 bits per heavy atom. The summed E-state index contributed by atoms with van der Waals surface area (Å²) in [6.45, 7) is 2.06. The normalized spacial score (nSPS) is 11.0. The molecule has 2 heterocycles. The second-order valence-corrected chi connectivity index (χ2v) is 5.21. The highest BCUT2D eigenvalue weighted by Gasteiger charge is 2.11. The Morgan fingerprint density at radius 1 is 1.22 bits per heavy atom. The van der Waals surface area contributed by atoms with Crippen molar-refractivity contribution in [2.75, 3.05) is 5.73 Å². The monoisotopic (exact) mass is 301 g/mol. The molecular weight excluding hydrogens is 290 g/mol. The van der Waals surface area contributed by atoms with E-state index in [9.17, 15) is 0 Å². The smallest absolute Gasteiger partial charge is 0.139 e. The van der Waals surface area contributed by atoms with Crippen molar-refractivity contribution in [2.45, 2.75) is 6.92 Å². The molecule has 0 saturated carbocycles. The summed E-state index contributed by atoms with van der Waals surface area (Å²) in [7, 11) is 0. The molecule has 3 nitrogen and oxygen atoms in total. The average molecular weight is 302 g/mol. The maximum atomic E-state index is 6.17. The van der Waals surface area contributed by atoms with Crippen LogP contribution in [0, 0.1) is 6.92 Å². The minimum Gasteiger partial charge on any atom is -0.383 e. The second-order valence-electron chi connectivity index (χ2n) is 4.29. The number of aromatic nitrogens is 2. The van der Waals surface area contributed by atoms with Crippen LogP contribution in [0.25, 0.3) is 16.9 Å². The topological polar surface area (TPSA) is 43.3 Å². The van der Waals surface area contributed by atoms with Gasteiger partial charge in [0.2, 0.25) is 0 Å². The maximum absolute atomic E-state index is 6.17. The van der Waals surface area contributed by atoms with Gasteiger partial charge in [0, 0.05) is 16.2 Å². The molecule has 0 aliphatic carbocycles. The molecule has 0 unspecified atom stereocenters. The summed E-state index contributed by atoms with van der Waals surface area (Å²) in [4.78, 5) is 4.58. The summed E-state index contributed by atoms with van der Waals surface area (Å²) in [5.74, 6) is 0.664. The van der Waals surface area contributed by atoms with Crippen LogP contribution in [0.4, 0.5) is 5.82 Å². The molecule has 4 heteroatoms. The van der Waals surface area contributed by atoms with Gasteiger partial charge in [-0.15, -0.1) is 0 Å². The number of nitrogen functional groups attached to an aromatic ring is 1. The molecular formula is C14H12BrN3. The van der Waals surface area contributed by atoms with E-state index in [-0.39, 0.29) is 0 Å². The quantitative estimate of drug-likeness (QED) is 0.745. The lowest BCUT2D eigenvalue weighted by Gasteiger charge is -2.00. The first-order valence-electron chi connectivity index (χ1n) is 5.65. The fourth-order valence-corrected chi connectivity index (χ4v) is 2.38. The van der Waals surface area contributed by atoms with E-state index in [1.165, 1.54) is 5.56 Å². The number of nitrogens with zero attached hydrogens (tertiary/aromatic N) is 2. The van der Waals surface area contributed by atoms with Gasteiger partial charge in [0.15, 0.2) is 0 Å². The van der Waals surface area contributed by atoms with Crippen LogP contribution in [0.2, 0.25) is 0 Å². The average Bonchev–Trinajstić information content (AvgIpc) is 2.67. The highest BCUT2D eigenvalue weighted by molar-refractivity contribution is 9.10. The van der Waals surface area contributed by atoms with E-state index in [1.54, 1.807) is 0 Å². The van der Waals surface area contributed by atoms with Gasteiger partial charge in [-0.05, 0) is 41.1 Å². The third kappa shape index (κ3) is 1.78.